The second-order valence-electron chi connectivity index (χ2n) is 22.7. The van der Waals surface area contributed by atoms with E-state index in [2.05, 4.69) is 64.2 Å². The first kappa shape index (κ1) is 79.1. The Morgan fingerprint density at radius 3 is 1.28 bits per heavy atom. The molecule has 0 unspecified atom stereocenters. The number of fused-ring (bicyclic) bond motifs is 2. The minimum Gasteiger partial charge on any atom is -0.481 e. The molecule has 0 saturated heterocycles. The van der Waals surface area contributed by atoms with E-state index in [1.807, 2.05) is 55.5 Å². The van der Waals surface area contributed by atoms with E-state index in [-0.39, 0.29) is 90.7 Å². The summed E-state index contributed by atoms with van der Waals surface area (Å²) in [5.74, 6) is -0.229. The second kappa shape index (κ2) is 33.2. The molecule has 5 aromatic heterocycles. The van der Waals surface area contributed by atoms with Crippen molar-refractivity contribution in [1.29, 1.82) is 0 Å². The zero-order valence-electron chi connectivity index (χ0n) is 57.1. The summed E-state index contributed by atoms with van der Waals surface area (Å²) < 4.78 is 203. The van der Waals surface area contributed by atoms with E-state index in [4.69, 9.17) is 13.9 Å². The van der Waals surface area contributed by atoms with Gasteiger partial charge in [-0.15, -0.1) is 41.9 Å². The highest BCUT2D eigenvalue weighted by Crippen LogP contribution is 2.30. The van der Waals surface area contributed by atoms with Crippen LogP contribution < -0.4 is 33.1 Å². The van der Waals surface area contributed by atoms with Gasteiger partial charge in [-0.25, -0.2) is 58.9 Å². The van der Waals surface area contributed by atoms with Gasteiger partial charge in [0.15, 0.2) is 19.7 Å². The van der Waals surface area contributed by atoms with E-state index in [1.165, 1.54) is 128 Å². The number of nitrogens with one attached hydrogen (secondary N) is 5. The van der Waals surface area contributed by atoms with Crippen LogP contribution in [0, 0.1) is 34.6 Å². The van der Waals surface area contributed by atoms with Gasteiger partial charge in [-0.1, -0.05) is 101 Å². The summed E-state index contributed by atoms with van der Waals surface area (Å²) >= 11 is 3.48. The summed E-state index contributed by atoms with van der Waals surface area (Å²) in [6, 6.07) is 49.0. The molecule has 0 saturated carbocycles. The maximum Gasteiger partial charge on any atom is 0.319 e. The monoisotopic (exact) mass is 1640 g/mol. The molecule has 0 aliphatic rings. The number of ether oxygens (including phenoxy) is 2. The van der Waals surface area contributed by atoms with Gasteiger partial charge in [0.1, 0.15) is 36.9 Å². The first-order valence-corrected chi connectivity index (χ1v) is 44.1. The van der Waals surface area contributed by atoms with Gasteiger partial charge in [0.05, 0.1) is 61.3 Å². The summed E-state index contributed by atoms with van der Waals surface area (Å²) in [7, 11) is -23.5. The van der Waals surface area contributed by atoms with Crippen molar-refractivity contribution >= 4 is 153 Å². The van der Waals surface area contributed by atoms with Gasteiger partial charge >= 0.3 is 6.01 Å². The smallest absolute Gasteiger partial charge is 0.319 e. The Kier molecular flexibility index (Phi) is 24.5. The summed E-state index contributed by atoms with van der Waals surface area (Å²) in [6.07, 6.45) is 1.36. The van der Waals surface area contributed by atoms with Crippen LogP contribution in [0.25, 0.3) is 21.5 Å². The number of hydrogen-bond donors (Lipinski definition) is 5. The van der Waals surface area contributed by atoms with Crippen LogP contribution in [0.3, 0.4) is 0 Å². The number of hydrogen-bond acceptors (Lipinski definition) is 28. The van der Waals surface area contributed by atoms with Gasteiger partial charge in [-0.2, -0.15) is 9.97 Å². The highest BCUT2D eigenvalue weighted by atomic mass is 32.2. The van der Waals surface area contributed by atoms with E-state index in [9.17, 15) is 58.9 Å². The average Bonchev–Trinajstić information content (AvgIpc) is 1.81. The van der Waals surface area contributed by atoms with E-state index >= 15 is 0 Å². The molecule has 8 aromatic carbocycles. The van der Waals surface area contributed by atoms with E-state index < -0.39 is 75.5 Å². The molecular formula is C67H63N13O17S10. The van der Waals surface area contributed by atoms with Crippen molar-refractivity contribution in [3.63, 3.8) is 0 Å². The molecule has 13 aromatic rings. The normalized spacial score (nSPS) is 11.9. The molecule has 5 heterocycles. The lowest BCUT2D eigenvalue weighted by Crippen LogP contribution is -2.14. The molecule has 0 bridgehead atoms. The molecule has 0 radical (unpaired) electrons. The van der Waals surface area contributed by atoms with Gasteiger partial charge < -0.3 is 13.9 Å². The number of aryl methyl sites for hydroxylation is 5. The molecule has 0 amide bonds. The van der Waals surface area contributed by atoms with Gasteiger partial charge in [-0.3, -0.25) is 23.6 Å². The molecule has 0 aliphatic heterocycles. The van der Waals surface area contributed by atoms with Crippen LogP contribution in [-0.4, -0.2) is 114 Å². The molecule has 5 N–H and O–H groups in total. The Balaban J connectivity index is 0.000000156. The molecule has 107 heavy (non-hydrogen) atoms. The zero-order chi connectivity index (χ0) is 77.1. The SMILES string of the molecule is COc1cc(CS(=O)(=O)c2ccc(NS(=O)(=O)c3c(C)coc3C)cc2)nc(OC)n1.Cc1ccc(S(=O)(=O)Nc2nncs2)cc1.Cc1nnc(CS(=O)(=O)c2ccc(NS(=O)(=O)c3ccc4ccccc4c3)cc2)s1.Cc1nnc(NS(=O)(=O)c2ccc(NS(=O)(=O)c3ccc4ccccc4c3)cc2)s1. The number of furan rings is 1. The summed E-state index contributed by atoms with van der Waals surface area (Å²) in [4.78, 5) is 8.54. The Morgan fingerprint density at radius 2 is 0.841 bits per heavy atom. The highest BCUT2D eigenvalue weighted by Gasteiger charge is 2.26. The number of aromatic nitrogens is 8. The Hall–Kier alpha value is -10.4. The minimum atomic E-state index is -3.88. The summed E-state index contributed by atoms with van der Waals surface area (Å²) in [6.45, 7) is 8.54. The molecular weight excluding hydrogens is 1580 g/mol. The summed E-state index contributed by atoms with van der Waals surface area (Å²) in [5.41, 5.74) is 3.87. The molecule has 0 atom stereocenters. The van der Waals surface area contributed by atoms with E-state index in [0.29, 0.717) is 20.6 Å². The van der Waals surface area contributed by atoms with Gasteiger partial charge in [0.2, 0.25) is 16.1 Å². The van der Waals surface area contributed by atoms with Gasteiger partial charge in [0, 0.05) is 28.7 Å². The number of sulfone groups is 2. The lowest BCUT2D eigenvalue weighted by Gasteiger charge is -2.10. The van der Waals surface area contributed by atoms with Crippen LogP contribution >= 0.6 is 34.0 Å². The van der Waals surface area contributed by atoms with Gasteiger partial charge in [0.25, 0.3) is 50.1 Å². The molecule has 0 fully saturated rings. The molecule has 558 valence electrons. The maximum absolute atomic E-state index is 12.8. The predicted octanol–water partition coefficient (Wildman–Crippen LogP) is 11.5. The first-order chi connectivity index (χ1) is 50.6. The first-order valence-electron chi connectivity index (χ1n) is 30.9. The second-order valence-corrected chi connectivity index (χ2v) is 38.3. The third kappa shape index (κ3) is 20.8. The summed E-state index contributed by atoms with van der Waals surface area (Å²) in [5, 5.41) is 28.0. The Morgan fingerprint density at radius 1 is 0.402 bits per heavy atom. The average molecular weight is 1640 g/mol. The fraction of sp³-hybridized carbons (Fsp3) is 0.134. The number of methoxy groups -OCH3 is 2. The third-order valence-electron chi connectivity index (χ3n) is 14.8. The lowest BCUT2D eigenvalue weighted by molar-refractivity contribution is 0.350. The van der Waals surface area contributed by atoms with Crippen LogP contribution in [0.5, 0.6) is 11.9 Å². The number of sulfonamides is 5. The van der Waals surface area contributed by atoms with Crippen molar-refractivity contribution in [2.45, 2.75) is 80.4 Å². The topological polar surface area (TPSA) is 434 Å². The highest BCUT2D eigenvalue weighted by molar-refractivity contribution is 7.94. The van der Waals surface area contributed by atoms with Crippen molar-refractivity contribution in [1.82, 2.24) is 40.6 Å². The number of anilines is 5. The fourth-order valence-electron chi connectivity index (χ4n) is 9.69. The van der Waals surface area contributed by atoms with Crippen molar-refractivity contribution < 1.29 is 72.8 Å². The molecule has 0 aliphatic carbocycles. The molecule has 13 rings (SSSR count). The van der Waals surface area contributed by atoms with Crippen LogP contribution in [0.2, 0.25) is 0 Å². The van der Waals surface area contributed by atoms with Crippen molar-refractivity contribution in [3.8, 4) is 11.9 Å². The van der Waals surface area contributed by atoms with Crippen LogP contribution in [0.15, 0.2) is 239 Å². The number of benzene rings is 8. The molecule has 40 heteroatoms. The predicted molar refractivity (Wildman–Crippen MR) is 407 cm³/mol. The minimum absolute atomic E-state index is 0.00247. The largest absolute Gasteiger partial charge is 0.481 e. The quantitative estimate of drug-likeness (QED) is 0.0397. The van der Waals surface area contributed by atoms with E-state index in [1.54, 1.807) is 76.2 Å². The van der Waals surface area contributed by atoms with Gasteiger partial charge in [-0.05, 0) is 165 Å². The lowest BCUT2D eigenvalue weighted by atomic mass is 10.1. The molecule has 0 spiro atoms. The van der Waals surface area contributed by atoms with Crippen molar-refractivity contribution in [2.24, 2.45) is 0 Å². The number of rotatable bonds is 23. The van der Waals surface area contributed by atoms with Crippen LogP contribution in [-0.2, 0) is 81.3 Å². The maximum atomic E-state index is 12.8. The van der Waals surface area contributed by atoms with Crippen LogP contribution in [0.1, 0.15) is 37.6 Å². The zero-order valence-corrected chi connectivity index (χ0v) is 65.2. The Bertz CT molecular complexity index is 5930. The number of nitrogens with zero attached hydrogens (tertiary/aromatic N) is 8. The third-order valence-corrected chi connectivity index (χ3v) is 27.8. The van der Waals surface area contributed by atoms with Crippen LogP contribution in [0.4, 0.5) is 27.3 Å². The van der Waals surface area contributed by atoms with Crippen molar-refractivity contribution in [3.05, 3.63) is 237 Å². The Labute approximate surface area is 628 Å². The molecule has 30 nitrogen and oxygen atoms in total. The fourth-order valence-corrected chi connectivity index (χ4v) is 20.4. The standard InChI is InChI=1S/C20H17N3O4S3.C19H16N4O4S3.C19H21N3O7S2.C9H9N3O2S2/c1-14-21-22-20(28-14)13-29(24,25)18-10-7-17(8-11-18)23-30(26,27)19-9-6-15-4-2-3-5-16(15)12-19;1-13-20-21-19(28-13)23-29(24,25)17-10-7-16(8-11-17)22-30(26,27)18-9-6-14-4-2-3-5-15(14)12-18;1-12-10-29-13(2)18(12)31(25,26)22-14-5-7-16(8-6-14)30(23,24)11-15-9-17(27-3)21-19(20-15)28-4;1-7-2-4-8(5-3-7)16(13,14)12-9-11-10-6-15-9/h2-12,23H,13H2,1H3;2-12,22H,1H3,(H,21,23);5-10,22H,11H2,1-4H3;2-6H,1H3,(H,11,12). The van der Waals surface area contributed by atoms with Crippen molar-refractivity contribution in [2.75, 3.05) is 37.8 Å². The van der Waals surface area contributed by atoms with E-state index in [0.717, 1.165) is 49.8 Å².